The van der Waals surface area contributed by atoms with E-state index < -0.39 is 15.1 Å². The first-order valence-electron chi connectivity index (χ1n) is 3.30. The number of nitrogens with zero attached hydrogens (tertiary/aromatic N) is 1. The van der Waals surface area contributed by atoms with Crippen LogP contribution in [-0.2, 0) is 9.84 Å². The van der Waals surface area contributed by atoms with E-state index in [2.05, 4.69) is 5.16 Å². The van der Waals surface area contributed by atoms with E-state index in [1.165, 1.54) is 6.92 Å². The molecule has 0 aliphatic heterocycles. The average molecular weight is 179 g/mol. The summed E-state index contributed by atoms with van der Waals surface area (Å²) in [5, 5.41) is 10.5. The summed E-state index contributed by atoms with van der Waals surface area (Å²) in [6.07, 6.45) is 1.57. The summed E-state index contributed by atoms with van der Waals surface area (Å²) in [4.78, 5) is 0. The van der Waals surface area contributed by atoms with Gasteiger partial charge in [0.25, 0.3) is 0 Å². The fourth-order valence-electron chi connectivity index (χ4n) is 0.972. The van der Waals surface area contributed by atoms with Crippen LogP contribution in [0.15, 0.2) is 5.16 Å². The number of hydrogen-bond donors (Lipinski definition) is 1. The molecule has 0 fully saturated rings. The van der Waals surface area contributed by atoms with Crippen molar-refractivity contribution >= 4 is 15.5 Å². The lowest BCUT2D eigenvalue weighted by atomic mass is 10.2. The minimum absolute atomic E-state index is 0.245. The highest BCUT2D eigenvalue weighted by molar-refractivity contribution is 7.92. The Labute approximate surface area is 66.8 Å². The number of sulfone groups is 1. The fraction of sp³-hybridized carbons (Fsp3) is 0.833. The number of hydrogen-bond acceptors (Lipinski definition) is 4. The Hall–Kier alpha value is -0.580. The van der Waals surface area contributed by atoms with E-state index in [1.54, 1.807) is 6.92 Å². The molecule has 0 aliphatic rings. The maximum atomic E-state index is 11.0. The molecular formula is C6H13NO3S. The van der Waals surface area contributed by atoms with Crippen LogP contribution in [0, 0.1) is 0 Å². The quantitative estimate of drug-likeness (QED) is 0.393. The van der Waals surface area contributed by atoms with Crippen molar-refractivity contribution in [2.75, 3.05) is 6.26 Å². The maximum absolute atomic E-state index is 11.0. The first kappa shape index (κ1) is 10.4. The first-order chi connectivity index (χ1) is 4.93. The summed E-state index contributed by atoms with van der Waals surface area (Å²) in [5.41, 5.74) is 0.245. The summed E-state index contributed by atoms with van der Waals surface area (Å²) in [5.74, 6) is 0. The van der Waals surface area contributed by atoms with E-state index in [0.29, 0.717) is 6.42 Å². The Balaban J connectivity index is 4.71. The van der Waals surface area contributed by atoms with Crippen molar-refractivity contribution in [3.63, 3.8) is 0 Å². The van der Waals surface area contributed by atoms with Crippen LogP contribution in [0.1, 0.15) is 20.3 Å². The van der Waals surface area contributed by atoms with Crippen LogP contribution in [0.3, 0.4) is 0 Å². The van der Waals surface area contributed by atoms with Gasteiger partial charge in [0, 0.05) is 6.26 Å². The zero-order valence-corrected chi connectivity index (χ0v) is 7.72. The van der Waals surface area contributed by atoms with Gasteiger partial charge in [-0.25, -0.2) is 8.42 Å². The Bertz CT molecular complexity index is 243. The third kappa shape index (κ3) is 2.88. The van der Waals surface area contributed by atoms with Crippen LogP contribution >= 0.6 is 0 Å². The highest BCUT2D eigenvalue weighted by Crippen LogP contribution is 2.05. The van der Waals surface area contributed by atoms with Crippen molar-refractivity contribution in [2.45, 2.75) is 25.5 Å². The lowest BCUT2D eigenvalue weighted by Gasteiger charge is -2.09. The molecule has 0 saturated carbocycles. The van der Waals surface area contributed by atoms with E-state index in [0.717, 1.165) is 6.26 Å². The number of oxime groups is 1. The molecule has 4 nitrogen and oxygen atoms in total. The molecule has 1 unspecified atom stereocenters. The third-order valence-corrected chi connectivity index (χ3v) is 3.22. The molecule has 0 spiro atoms. The predicted molar refractivity (Wildman–Crippen MR) is 43.8 cm³/mol. The largest absolute Gasteiger partial charge is 0.411 e. The summed E-state index contributed by atoms with van der Waals surface area (Å²) < 4.78 is 21.9. The van der Waals surface area contributed by atoms with Crippen molar-refractivity contribution in [1.82, 2.24) is 0 Å². The maximum Gasteiger partial charge on any atom is 0.155 e. The molecule has 11 heavy (non-hydrogen) atoms. The summed E-state index contributed by atoms with van der Waals surface area (Å²) in [6.45, 7) is 3.23. The first-order valence-corrected chi connectivity index (χ1v) is 5.26. The lowest BCUT2D eigenvalue weighted by Crippen LogP contribution is -2.26. The van der Waals surface area contributed by atoms with Gasteiger partial charge >= 0.3 is 0 Å². The molecule has 1 N–H and O–H groups in total. The normalized spacial score (nSPS) is 16.5. The van der Waals surface area contributed by atoms with Gasteiger partial charge in [0.15, 0.2) is 9.84 Å². The molecule has 0 radical (unpaired) electrons. The Morgan fingerprint density at radius 3 is 2.18 bits per heavy atom. The Morgan fingerprint density at radius 1 is 1.64 bits per heavy atom. The molecule has 0 amide bonds. The monoisotopic (exact) mass is 179 g/mol. The third-order valence-electron chi connectivity index (χ3n) is 1.51. The lowest BCUT2D eigenvalue weighted by molar-refractivity contribution is 0.317. The molecule has 0 aromatic heterocycles. The summed E-state index contributed by atoms with van der Waals surface area (Å²) in [6, 6.07) is 0. The van der Waals surface area contributed by atoms with E-state index in [9.17, 15) is 8.42 Å². The van der Waals surface area contributed by atoms with Crippen LogP contribution < -0.4 is 0 Å². The van der Waals surface area contributed by atoms with Gasteiger partial charge < -0.3 is 5.21 Å². The summed E-state index contributed by atoms with van der Waals surface area (Å²) in [7, 11) is -3.12. The molecule has 0 heterocycles. The average Bonchev–Trinajstić information content (AvgIpc) is 1.86. The van der Waals surface area contributed by atoms with Crippen LogP contribution in [0.2, 0.25) is 0 Å². The Morgan fingerprint density at radius 2 is 2.09 bits per heavy atom. The van der Waals surface area contributed by atoms with Crippen molar-refractivity contribution in [3.8, 4) is 0 Å². The summed E-state index contributed by atoms with van der Waals surface area (Å²) >= 11 is 0. The molecular weight excluding hydrogens is 166 g/mol. The van der Waals surface area contributed by atoms with Gasteiger partial charge in [-0.3, -0.25) is 0 Å². The van der Waals surface area contributed by atoms with Crippen molar-refractivity contribution in [2.24, 2.45) is 5.16 Å². The smallest absolute Gasteiger partial charge is 0.155 e. The predicted octanol–water partition coefficient (Wildman–Crippen LogP) is 0.660. The topological polar surface area (TPSA) is 66.7 Å². The van der Waals surface area contributed by atoms with Gasteiger partial charge in [-0.05, 0) is 13.3 Å². The minimum atomic E-state index is -3.12. The molecule has 5 heteroatoms. The highest BCUT2D eigenvalue weighted by atomic mass is 32.2. The van der Waals surface area contributed by atoms with Gasteiger partial charge in [0.05, 0.1) is 5.71 Å². The standard InChI is InChI=1S/C6H13NO3S/c1-4-6(5(2)7-8)11(3,9)10/h6,8H,4H2,1-3H3/b7-5+. The molecule has 0 saturated heterocycles. The van der Waals surface area contributed by atoms with Crippen molar-refractivity contribution in [1.29, 1.82) is 0 Å². The van der Waals surface area contributed by atoms with E-state index in [4.69, 9.17) is 5.21 Å². The van der Waals surface area contributed by atoms with E-state index in [1.807, 2.05) is 0 Å². The highest BCUT2D eigenvalue weighted by Gasteiger charge is 2.21. The van der Waals surface area contributed by atoms with Gasteiger partial charge in [-0.15, -0.1) is 0 Å². The Kier molecular flexibility index (Phi) is 3.51. The second kappa shape index (κ2) is 3.71. The second-order valence-electron chi connectivity index (χ2n) is 2.47. The van der Waals surface area contributed by atoms with Gasteiger partial charge in [0.1, 0.15) is 5.25 Å². The molecule has 1 atom stereocenters. The molecule has 0 aromatic carbocycles. The SMILES string of the molecule is CCC(/C(C)=N/O)S(C)(=O)=O. The van der Waals surface area contributed by atoms with Gasteiger partial charge in [-0.2, -0.15) is 0 Å². The molecule has 0 aliphatic carbocycles. The zero-order chi connectivity index (χ0) is 9.07. The molecule has 0 bridgehead atoms. The van der Waals surface area contributed by atoms with Crippen LogP contribution in [0.5, 0.6) is 0 Å². The minimum Gasteiger partial charge on any atom is -0.411 e. The van der Waals surface area contributed by atoms with Crippen LogP contribution in [0.4, 0.5) is 0 Å². The van der Waals surface area contributed by atoms with E-state index >= 15 is 0 Å². The number of rotatable bonds is 3. The van der Waals surface area contributed by atoms with Crippen LogP contribution in [-0.4, -0.2) is 30.8 Å². The second-order valence-corrected chi connectivity index (χ2v) is 4.70. The van der Waals surface area contributed by atoms with Gasteiger partial charge in [0.2, 0.25) is 0 Å². The van der Waals surface area contributed by atoms with E-state index in [-0.39, 0.29) is 5.71 Å². The molecule has 0 aromatic rings. The zero-order valence-electron chi connectivity index (χ0n) is 6.90. The van der Waals surface area contributed by atoms with Crippen LogP contribution in [0.25, 0.3) is 0 Å². The van der Waals surface area contributed by atoms with Crippen molar-refractivity contribution in [3.05, 3.63) is 0 Å². The molecule has 66 valence electrons. The van der Waals surface area contributed by atoms with Crippen molar-refractivity contribution < 1.29 is 13.6 Å². The fourth-order valence-corrected chi connectivity index (χ4v) is 2.24. The molecule has 0 rings (SSSR count). The van der Waals surface area contributed by atoms with Gasteiger partial charge in [-0.1, -0.05) is 12.1 Å².